The fraction of sp³-hybridized carbons (Fsp3) is 0.364. The number of nitrogens with one attached hydrogen (secondary N) is 1. The first-order valence-electron chi connectivity index (χ1n) is 10.1. The number of nitrogens with zero attached hydrogens (tertiary/aromatic N) is 2. The number of fused-ring (bicyclic) bond motifs is 3. The summed E-state index contributed by atoms with van der Waals surface area (Å²) in [7, 11) is -2.25. The highest BCUT2D eigenvalue weighted by Gasteiger charge is 2.32. The van der Waals surface area contributed by atoms with Crippen molar-refractivity contribution >= 4 is 27.5 Å². The molecule has 1 amide bonds. The highest BCUT2D eigenvalue weighted by atomic mass is 32.2. The number of carbonyl (C=O) groups is 1. The normalized spacial score (nSPS) is 18.3. The van der Waals surface area contributed by atoms with Crippen molar-refractivity contribution < 1.29 is 17.9 Å². The van der Waals surface area contributed by atoms with Crippen LogP contribution in [0.1, 0.15) is 54.6 Å². The number of rotatable bonds is 4. The number of methoxy groups -OCH3 is 1. The van der Waals surface area contributed by atoms with E-state index in [1.807, 2.05) is 36.1 Å². The maximum atomic E-state index is 12.9. The average Bonchev–Trinajstić information content (AvgIpc) is 2.98. The van der Waals surface area contributed by atoms with Crippen molar-refractivity contribution in [2.45, 2.75) is 43.5 Å². The van der Waals surface area contributed by atoms with Crippen LogP contribution in [-0.4, -0.2) is 33.8 Å². The summed E-state index contributed by atoms with van der Waals surface area (Å²) in [5.74, 6) is 0.931. The maximum Gasteiger partial charge on any atom is 0.286 e. The summed E-state index contributed by atoms with van der Waals surface area (Å²) in [5.41, 5.74) is 1.74. The zero-order valence-electron chi connectivity index (χ0n) is 17.1. The molecule has 1 saturated heterocycles. The van der Waals surface area contributed by atoms with Crippen molar-refractivity contribution in [3.05, 3.63) is 53.6 Å². The Morgan fingerprint density at radius 3 is 2.77 bits per heavy atom. The topological polar surface area (TPSA) is 88.1 Å². The molecule has 2 aliphatic rings. The lowest BCUT2D eigenvalue weighted by atomic mass is 10.1. The molecule has 0 saturated carbocycles. The summed E-state index contributed by atoms with van der Waals surface area (Å²) in [6.45, 7) is 2.59. The van der Waals surface area contributed by atoms with Gasteiger partial charge in [-0.05, 0) is 44.0 Å². The summed E-state index contributed by atoms with van der Waals surface area (Å²) >= 11 is 0. The largest absolute Gasteiger partial charge is 0.496 e. The highest BCUT2D eigenvalue weighted by molar-refractivity contribution is 7.90. The van der Waals surface area contributed by atoms with Crippen LogP contribution < -0.4 is 15.0 Å². The van der Waals surface area contributed by atoms with E-state index in [1.165, 1.54) is 6.07 Å². The Labute approximate surface area is 176 Å². The van der Waals surface area contributed by atoms with Gasteiger partial charge in [-0.15, -0.1) is 4.40 Å². The SMILES string of the molecule is COc1ccccc1C(C)NC(=O)c1ccc2c(c1)S(=O)(=O)N=C1CCCCCN12. The number of carbonyl (C=O) groups excluding carboxylic acids is 1. The minimum Gasteiger partial charge on any atom is -0.496 e. The molecule has 2 aliphatic heterocycles. The van der Waals surface area contributed by atoms with Gasteiger partial charge in [0.05, 0.1) is 18.8 Å². The lowest BCUT2D eigenvalue weighted by Crippen LogP contribution is -2.35. The van der Waals surface area contributed by atoms with E-state index in [0.717, 1.165) is 31.4 Å². The van der Waals surface area contributed by atoms with E-state index in [4.69, 9.17) is 4.74 Å². The smallest absolute Gasteiger partial charge is 0.286 e. The molecular formula is C22H25N3O4S. The standard InChI is InChI=1S/C22H25N3O4S/c1-15(17-8-5-6-9-19(17)29-2)23-22(26)16-11-12-18-20(14-16)30(27,28)24-21-10-4-3-7-13-25(18)21/h5-6,8-9,11-12,14-15H,3-4,7,10,13H2,1-2H3,(H,23,26). The van der Waals surface area contributed by atoms with E-state index >= 15 is 0 Å². The summed E-state index contributed by atoms with van der Waals surface area (Å²) in [4.78, 5) is 14.9. The van der Waals surface area contributed by atoms with E-state index in [9.17, 15) is 13.2 Å². The van der Waals surface area contributed by atoms with Crippen LogP contribution in [0.3, 0.4) is 0 Å². The molecule has 2 heterocycles. The number of hydrogen-bond acceptors (Lipinski definition) is 5. The fourth-order valence-electron chi connectivity index (χ4n) is 4.00. The van der Waals surface area contributed by atoms with Gasteiger partial charge in [0.1, 0.15) is 16.5 Å². The van der Waals surface area contributed by atoms with Gasteiger partial charge in [0.25, 0.3) is 15.9 Å². The van der Waals surface area contributed by atoms with Crippen molar-refractivity contribution in [3.63, 3.8) is 0 Å². The van der Waals surface area contributed by atoms with Crippen LogP contribution in [0.2, 0.25) is 0 Å². The number of amidine groups is 1. The molecule has 2 aromatic rings. The first kappa shape index (κ1) is 20.4. The predicted molar refractivity (Wildman–Crippen MR) is 116 cm³/mol. The number of amides is 1. The number of benzene rings is 2. The van der Waals surface area contributed by atoms with Gasteiger partial charge in [0.15, 0.2) is 0 Å². The second kappa shape index (κ2) is 8.10. The van der Waals surface area contributed by atoms with Gasteiger partial charge in [0, 0.05) is 24.1 Å². The number of hydrogen-bond donors (Lipinski definition) is 1. The Hall–Kier alpha value is -2.87. The van der Waals surface area contributed by atoms with E-state index in [2.05, 4.69) is 9.71 Å². The molecule has 2 aromatic carbocycles. The Balaban J connectivity index is 1.63. The van der Waals surface area contributed by atoms with Gasteiger partial charge in [-0.1, -0.05) is 24.6 Å². The number of anilines is 1. The number of para-hydroxylation sites is 1. The predicted octanol–water partition coefficient (Wildman–Crippen LogP) is 3.67. The molecule has 0 radical (unpaired) electrons. The molecule has 158 valence electrons. The lowest BCUT2D eigenvalue weighted by molar-refractivity contribution is 0.0939. The monoisotopic (exact) mass is 427 g/mol. The zero-order valence-corrected chi connectivity index (χ0v) is 17.9. The molecule has 1 fully saturated rings. The van der Waals surface area contributed by atoms with Crippen LogP contribution in [0.25, 0.3) is 0 Å². The van der Waals surface area contributed by atoms with Gasteiger partial charge in [-0.3, -0.25) is 4.79 Å². The Kier molecular flexibility index (Phi) is 5.51. The van der Waals surface area contributed by atoms with Gasteiger partial charge >= 0.3 is 0 Å². The van der Waals surface area contributed by atoms with Crippen molar-refractivity contribution in [2.75, 3.05) is 18.6 Å². The maximum absolute atomic E-state index is 12.9. The molecule has 7 nitrogen and oxygen atoms in total. The van der Waals surface area contributed by atoms with Crippen LogP contribution in [0.4, 0.5) is 5.69 Å². The lowest BCUT2D eigenvalue weighted by Gasteiger charge is -2.29. The molecule has 1 unspecified atom stereocenters. The van der Waals surface area contributed by atoms with E-state index in [1.54, 1.807) is 19.2 Å². The zero-order chi connectivity index (χ0) is 21.3. The molecule has 8 heteroatoms. The van der Waals surface area contributed by atoms with Crippen LogP contribution in [0.15, 0.2) is 51.8 Å². The quantitative estimate of drug-likeness (QED) is 0.804. The van der Waals surface area contributed by atoms with E-state index in [-0.39, 0.29) is 22.4 Å². The van der Waals surface area contributed by atoms with Gasteiger partial charge < -0.3 is 15.0 Å². The third kappa shape index (κ3) is 3.79. The summed E-state index contributed by atoms with van der Waals surface area (Å²) in [6.07, 6.45) is 3.61. The van der Waals surface area contributed by atoms with Gasteiger partial charge in [-0.2, -0.15) is 8.42 Å². The first-order valence-corrected chi connectivity index (χ1v) is 11.5. The molecule has 0 spiro atoms. The van der Waals surface area contributed by atoms with E-state index in [0.29, 0.717) is 23.7 Å². The van der Waals surface area contributed by atoms with Crippen LogP contribution >= 0.6 is 0 Å². The van der Waals surface area contributed by atoms with Gasteiger partial charge in [0.2, 0.25) is 0 Å². The molecule has 1 atom stereocenters. The molecule has 4 rings (SSSR count). The van der Waals surface area contributed by atoms with Crippen molar-refractivity contribution in [3.8, 4) is 5.75 Å². The van der Waals surface area contributed by atoms with Crippen LogP contribution in [0.5, 0.6) is 5.75 Å². The van der Waals surface area contributed by atoms with Crippen LogP contribution in [0, 0.1) is 0 Å². The van der Waals surface area contributed by atoms with Crippen molar-refractivity contribution in [2.24, 2.45) is 4.40 Å². The minimum atomic E-state index is -3.83. The highest BCUT2D eigenvalue weighted by Crippen LogP contribution is 2.35. The molecule has 0 bridgehead atoms. The van der Waals surface area contributed by atoms with Crippen LogP contribution in [-0.2, 0) is 10.0 Å². The summed E-state index contributed by atoms with van der Waals surface area (Å²) in [6, 6.07) is 12.0. The third-order valence-electron chi connectivity index (χ3n) is 5.56. The van der Waals surface area contributed by atoms with Crippen molar-refractivity contribution in [1.29, 1.82) is 0 Å². The molecule has 30 heavy (non-hydrogen) atoms. The second-order valence-electron chi connectivity index (χ2n) is 7.56. The minimum absolute atomic E-state index is 0.0887. The summed E-state index contributed by atoms with van der Waals surface area (Å²) in [5, 5.41) is 2.92. The van der Waals surface area contributed by atoms with Crippen molar-refractivity contribution in [1.82, 2.24) is 5.32 Å². The Bertz CT molecular complexity index is 1110. The number of ether oxygens (including phenoxy) is 1. The molecule has 0 aliphatic carbocycles. The average molecular weight is 428 g/mol. The molecular weight excluding hydrogens is 402 g/mol. The van der Waals surface area contributed by atoms with Gasteiger partial charge in [-0.25, -0.2) is 0 Å². The Morgan fingerprint density at radius 1 is 1.17 bits per heavy atom. The second-order valence-corrected chi connectivity index (χ2v) is 9.14. The molecule has 0 aromatic heterocycles. The Morgan fingerprint density at radius 2 is 1.97 bits per heavy atom. The summed E-state index contributed by atoms with van der Waals surface area (Å²) < 4.78 is 35.0. The first-order chi connectivity index (χ1) is 14.4. The third-order valence-corrected chi connectivity index (χ3v) is 6.90. The van der Waals surface area contributed by atoms with E-state index < -0.39 is 10.0 Å². The number of sulfonamides is 1. The molecule has 1 N–H and O–H groups in total. The fourth-order valence-corrected chi connectivity index (χ4v) is 5.29.